The molecule has 0 radical (unpaired) electrons. The summed E-state index contributed by atoms with van der Waals surface area (Å²) in [5.41, 5.74) is 1.49. The Morgan fingerprint density at radius 3 is 2.67 bits per heavy atom. The smallest absolute Gasteiger partial charge is 0.188 e. The minimum absolute atomic E-state index is 0.127. The summed E-state index contributed by atoms with van der Waals surface area (Å²) in [6, 6.07) is 14.8. The molecule has 21 heavy (non-hydrogen) atoms. The third-order valence-corrected chi connectivity index (χ3v) is 5.01. The van der Waals surface area contributed by atoms with E-state index in [2.05, 4.69) is 4.36 Å². The van der Waals surface area contributed by atoms with Gasteiger partial charge in [-0.25, -0.2) is 4.21 Å². The first kappa shape index (κ1) is 13.9. The van der Waals surface area contributed by atoms with Gasteiger partial charge in [-0.05, 0) is 24.3 Å². The summed E-state index contributed by atoms with van der Waals surface area (Å²) in [4.78, 5) is 0.688. The quantitative estimate of drug-likeness (QED) is 0.807. The number of fused-ring (bicyclic) bond motifs is 1. The summed E-state index contributed by atoms with van der Waals surface area (Å²) in [5, 5.41) is 1.66. The van der Waals surface area contributed by atoms with Crippen LogP contribution in [0, 0.1) is 0 Å². The van der Waals surface area contributed by atoms with Crippen molar-refractivity contribution in [1.82, 2.24) is 0 Å². The third-order valence-electron chi connectivity index (χ3n) is 3.10. The summed E-state index contributed by atoms with van der Waals surface area (Å²) in [7, 11) is -1.05. The van der Waals surface area contributed by atoms with Gasteiger partial charge in [0.2, 0.25) is 0 Å². The van der Waals surface area contributed by atoms with Crippen LogP contribution < -0.4 is 4.74 Å². The highest BCUT2D eigenvalue weighted by atomic mass is 32.2. The number of hydrogen-bond donors (Lipinski definition) is 0. The Kier molecular flexibility index (Phi) is 3.77. The monoisotopic (exact) mass is 301 g/mol. The average molecular weight is 301 g/mol. The van der Waals surface area contributed by atoms with Crippen LogP contribution in [-0.4, -0.2) is 18.1 Å². The fraction of sp³-hybridized carbons (Fsp3) is 0.125. The molecule has 1 atom stereocenters. The van der Waals surface area contributed by atoms with Crippen LogP contribution in [0.4, 0.5) is 5.69 Å². The summed E-state index contributed by atoms with van der Waals surface area (Å²) in [6.45, 7) is 0.127. The van der Waals surface area contributed by atoms with E-state index in [1.165, 1.54) is 0 Å². The number of benzene rings is 2. The number of hydrogen-bond acceptors (Lipinski definition) is 4. The van der Waals surface area contributed by atoms with Gasteiger partial charge in [0, 0.05) is 18.1 Å². The Hall–Kier alpha value is -2.11. The average Bonchev–Trinajstić information content (AvgIpc) is 2.54. The summed E-state index contributed by atoms with van der Waals surface area (Å²) >= 11 is 0. The lowest BCUT2D eigenvalue weighted by Gasteiger charge is -2.15. The van der Waals surface area contributed by atoms with E-state index >= 15 is 0 Å². The fourth-order valence-corrected chi connectivity index (χ4v) is 3.76. The molecule has 0 aliphatic carbocycles. The summed E-state index contributed by atoms with van der Waals surface area (Å²) < 4.78 is 27.9. The second kappa shape index (κ2) is 5.71. The molecule has 0 bridgehead atoms. The zero-order valence-electron chi connectivity index (χ0n) is 11.6. The van der Waals surface area contributed by atoms with Crippen LogP contribution >= 0.6 is 0 Å². The molecule has 0 N–H and O–H groups in total. The zero-order valence-corrected chi connectivity index (χ0v) is 12.4. The minimum atomic E-state index is -2.61. The van der Waals surface area contributed by atoms with Crippen molar-refractivity contribution in [3.63, 3.8) is 0 Å². The maximum atomic E-state index is 13.1. The van der Waals surface area contributed by atoms with E-state index in [4.69, 9.17) is 9.47 Å². The molecule has 1 heterocycles. The second-order valence-electron chi connectivity index (χ2n) is 4.52. The van der Waals surface area contributed by atoms with E-state index in [-0.39, 0.29) is 6.79 Å². The minimum Gasteiger partial charge on any atom is -0.465 e. The highest BCUT2D eigenvalue weighted by molar-refractivity contribution is 7.96. The molecule has 0 saturated carbocycles. The van der Waals surface area contributed by atoms with Gasteiger partial charge in [0.15, 0.2) is 6.79 Å². The molecule has 0 aromatic heterocycles. The van der Waals surface area contributed by atoms with E-state index in [0.29, 0.717) is 16.3 Å². The topological polar surface area (TPSA) is 47.9 Å². The zero-order chi connectivity index (χ0) is 14.7. The molecule has 1 aliphatic heterocycles. The van der Waals surface area contributed by atoms with Gasteiger partial charge >= 0.3 is 0 Å². The predicted octanol–water partition coefficient (Wildman–Crippen LogP) is 3.81. The molecule has 4 nitrogen and oxygen atoms in total. The normalized spacial score (nSPS) is 19.7. The molecule has 1 unspecified atom stereocenters. The molecular formula is C16H15NO3S. The SMILES string of the molecule is COCOc1cccc2c1N=S(=O)(c1ccccc1)C=C2. The van der Waals surface area contributed by atoms with Crippen molar-refractivity contribution in [2.75, 3.05) is 13.9 Å². The van der Waals surface area contributed by atoms with Gasteiger partial charge in [0.25, 0.3) is 0 Å². The molecule has 2 aromatic rings. The van der Waals surface area contributed by atoms with Crippen molar-refractivity contribution in [1.29, 1.82) is 0 Å². The highest BCUT2D eigenvalue weighted by Gasteiger charge is 2.18. The Labute approximate surface area is 124 Å². The van der Waals surface area contributed by atoms with Crippen molar-refractivity contribution in [3.8, 4) is 5.75 Å². The Morgan fingerprint density at radius 2 is 1.90 bits per heavy atom. The first-order chi connectivity index (χ1) is 10.2. The van der Waals surface area contributed by atoms with Gasteiger partial charge in [-0.15, -0.1) is 0 Å². The first-order valence-electron chi connectivity index (χ1n) is 6.48. The number of nitrogens with zero attached hydrogens (tertiary/aromatic N) is 1. The molecule has 0 amide bonds. The van der Waals surface area contributed by atoms with Crippen LogP contribution in [-0.2, 0) is 14.5 Å². The van der Waals surface area contributed by atoms with Crippen molar-refractivity contribution in [2.24, 2.45) is 4.36 Å². The van der Waals surface area contributed by atoms with E-state index in [1.54, 1.807) is 18.6 Å². The predicted molar refractivity (Wildman–Crippen MR) is 82.9 cm³/mol. The number of ether oxygens (including phenoxy) is 2. The van der Waals surface area contributed by atoms with Gasteiger partial charge in [0.05, 0.1) is 4.90 Å². The molecule has 5 heteroatoms. The van der Waals surface area contributed by atoms with Crippen LogP contribution in [0.25, 0.3) is 6.08 Å². The molecular weight excluding hydrogens is 286 g/mol. The van der Waals surface area contributed by atoms with Gasteiger partial charge in [-0.2, -0.15) is 4.36 Å². The van der Waals surface area contributed by atoms with E-state index in [9.17, 15) is 4.21 Å². The van der Waals surface area contributed by atoms with Crippen LogP contribution in [0.1, 0.15) is 5.56 Å². The Bertz CT molecular complexity index is 790. The number of methoxy groups -OCH3 is 1. The van der Waals surface area contributed by atoms with Crippen LogP contribution in [0.15, 0.2) is 63.2 Å². The van der Waals surface area contributed by atoms with Gasteiger partial charge in [0.1, 0.15) is 21.2 Å². The van der Waals surface area contributed by atoms with E-state index < -0.39 is 9.73 Å². The molecule has 0 saturated heterocycles. The van der Waals surface area contributed by atoms with Crippen molar-refractivity contribution < 1.29 is 13.7 Å². The molecule has 2 aromatic carbocycles. The van der Waals surface area contributed by atoms with Gasteiger partial charge < -0.3 is 9.47 Å². The molecule has 3 rings (SSSR count). The largest absolute Gasteiger partial charge is 0.465 e. The van der Waals surface area contributed by atoms with Gasteiger partial charge in [-0.3, -0.25) is 0 Å². The number of rotatable bonds is 4. The standard InChI is InChI=1S/C16H15NO3S/c1-19-12-20-15-9-5-6-13-10-11-21(18,17-16(13)15)14-7-3-2-4-8-14/h2-11H,12H2,1H3. The lowest BCUT2D eigenvalue weighted by molar-refractivity contribution is 0.0515. The molecule has 0 spiro atoms. The molecule has 0 fully saturated rings. The van der Waals surface area contributed by atoms with Crippen LogP contribution in [0.2, 0.25) is 0 Å². The molecule has 108 valence electrons. The van der Waals surface area contributed by atoms with Crippen molar-refractivity contribution in [3.05, 3.63) is 59.5 Å². The van der Waals surface area contributed by atoms with Gasteiger partial charge in [-0.1, -0.05) is 30.3 Å². The Morgan fingerprint density at radius 1 is 1.10 bits per heavy atom. The maximum absolute atomic E-state index is 13.1. The summed E-state index contributed by atoms with van der Waals surface area (Å²) in [5.74, 6) is 0.572. The van der Waals surface area contributed by atoms with Crippen molar-refractivity contribution >= 4 is 21.5 Å². The maximum Gasteiger partial charge on any atom is 0.188 e. The Balaban J connectivity index is 2.12. The molecule has 1 aliphatic rings. The second-order valence-corrected chi connectivity index (χ2v) is 6.58. The first-order valence-corrected chi connectivity index (χ1v) is 8.06. The lowest BCUT2D eigenvalue weighted by atomic mass is 10.1. The van der Waals surface area contributed by atoms with Crippen molar-refractivity contribution in [2.45, 2.75) is 4.90 Å². The third kappa shape index (κ3) is 2.70. The lowest BCUT2D eigenvalue weighted by Crippen LogP contribution is -2.03. The fourth-order valence-electron chi connectivity index (χ4n) is 2.09. The van der Waals surface area contributed by atoms with E-state index in [0.717, 1.165) is 5.56 Å². The van der Waals surface area contributed by atoms with Crippen LogP contribution in [0.3, 0.4) is 0 Å². The summed E-state index contributed by atoms with van der Waals surface area (Å²) in [6.07, 6.45) is 1.83. The van der Waals surface area contributed by atoms with E-state index in [1.807, 2.05) is 48.5 Å². The highest BCUT2D eigenvalue weighted by Crippen LogP contribution is 2.38. The van der Waals surface area contributed by atoms with Crippen LogP contribution in [0.5, 0.6) is 5.75 Å².